The van der Waals surface area contributed by atoms with Gasteiger partial charge in [0, 0.05) is 17.7 Å². The van der Waals surface area contributed by atoms with Crippen LogP contribution in [0.15, 0.2) is 94.8 Å². The topological polar surface area (TPSA) is 93.0 Å². The molecule has 0 radical (unpaired) electrons. The van der Waals surface area contributed by atoms with Gasteiger partial charge in [-0.25, -0.2) is 13.2 Å². The van der Waals surface area contributed by atoms with E-state index in [1.54, 1.807) is 23.8 Å². The summed E-state index contributed by atoms with van der Waals surface area (Å²) < 4.78 is 31.2. The molecule has 272 valence electrons. The number of aliphatic carboxylic acids is 1. The molecule has 0 spiro atoms. The van der Waals surface area contributed by atoms with Crippen LogP contribution in [0.25, 0.3) is 11.1 Å². The Balaban J connectivity index is 1.30. The highest BCUT2D eigenvalue weighted by Gasteiger charge is 2.52. The number of hydrogen-bond donors (Lipinski definition) is 1. The van der Waals surface area contributed by atoms with Crippen LogP contribution in [-0.4, -0.2) is 38.1 Å². The largest absolute Gasteiger partial charge is 0.482 e. The minimum absolute atomic E-state index is 0.0976. The Labute approximate surface area is 309 Å². The SMILES string of the molecule is CC(C)c1ccc2c(c1)CC[C@H]1[C@](C)(CC3CCc4ccc(-c5ccccc5S(C)(=O)=O)cc4N=C3c3cccc(OCC(=O)O)c3)CCC[C@]21C. The number of carboxylic acids is 1. The molecule has 7 rings (SSSR count). The van der Waals surface area contributed by atoms with Crippen molar-refractivity contribution in [3.63, 3.8) is 0 Å². The van der Waals surface area contributed by atoms with Crippen molar-refractivity contribution in [3.8, 4) is 16.9 Å². The van der Waals surface area contributed by atoms with Gasteiger partial charge in [0.05, 0.1) is 16.3 Å². The predicted octanol–water partition coefficient (Wildman–Crippen LogP) is 10.1. The summed E-state index contributed by atoms with van der Waals surface area (Å²) in [6.07, 6.45) is 9.91. The van der Waals surface area contributed by atoms with Gasteiger partial charge in [0.15, 0.2) is 16.4 Å². The average Bonchev–Trinajstić information content (AvgIpc) is 3.29. The van der Waals surface area contributed by atoms with E-state index < -0.39 is 22.4 Å². The molecule has 4 aromatic rings. The molecule has 6 nitrogen and oxygen atoms in total. The van der Waals surface area contributed by atoms with Gasteiger partial charge in [-0.15, -0.1) is 0 Å². The first-order valence-electron chi connectivity index (χ1n) is 18.8. The summed E-state index contributed by atoms with van der Waals surface area (Å²) in [5, 5.41) is 9.31. The summed E-state index contributed by atoms with van der Waals surface area (Å²) >= 11 is 0. The minimum Gasteiger partial charge on any atom is -0.482 e. The first-order chi connectivity index (χ1) is 24.7. The maximum Gasteiger partial charge on any atom is 0.341 e. The molecular weight excluding hydrogens is 667 g/mol. The van der Waals surface area contributed by atoms with E-state index in [0.717, 1.165) is 53.8 Å². The molecule has 2 aliphatic carbocycles. The minimum atomic E-state index is -3.44. The number of carboxylic acid groups (broad SMARTS) is 1. The maximum absolute atomic E-state index is 12.8. The summed E-state index contributed by atoms with van der Waals surface area (Å²) in [6.45, 7) is 9.20. The van der Waals surface area contributed by atoms with E-state index in [4.69, 9.17) is 9.73 Å². The van der Waals surface area contributed by atoms with Gasteiger partial charge in [-0.3, -0.25) is 4.99 Å². The number of aryl methyl sites for hydroxylation is 2. The molecule has 1 heterocycles. The number of ether oxygens (including phenoxy) is 1. The smallest absolute Gasteiger partial charge is 0.341 e. The van der Waals surface area contributed by atoms with Crippen molar-refractivity contribution in [2.45, 2.75) is 95.3 Å². The molecule has 0 bridgehead atoms. The van der Waals surface area contributed by atoms with Gasteiger partial charge in [-0.2, -0.15) is 0 Å². The summed E-state index contributed by atoms with van der Waals surface area (Å²) in [4.78, 5) is 17.1. The molecule has 1 N–H and O–H groups in total. The van der Waals surface area contributed by atoms with Crippen molar-refractivity contribution < 1.29 is 23.1 Å². The Bertz CT molecular complexity index is 2150. The molecule has 1 unspecified atom stereocenters. The standard InChI is InChI=1S/C45H51NO5S/c1-29(2)31-18-20-38-33(24-31)19-21-41-44(3,22-9-23-45(38,41)4)27-35-17-15-30-14-16-32(37-12-6-7-13-40(37)52(5,49)50)26-39(30)46-43(35)34-10-8-11-36(25-34)51-28-42(47)48/h6-8,10-14,16,18,20,24-26,29,35,41H,9,15,17,19,21-23,27-28H2,1-5H3,(H,47,48)/t35?,41-,44-,45+/m0/s1. The van der Waals surface area contributed by atoms with E-state index in [2.05, 4.69) is 58.0 Å². The predicted molar refractivity (Wildman–Crippen MR) is 209 cm³/mol. The number of sulfone groups is 1. The van der Waals surface area contributed by atoms with Crippen molar-refractivity contribution in [2.75, 3.05) is 12.9 Å². The van der Waals surface area contributed by atoms with Gasteiger partial charge < -0.3 is 9.84 Å². The zero-order chi connectivity index (χ0) is 36.8. The van der Waals surface area contributed by atoms with Crippen LogP contribution in [0.4, 0.5) is 5.69 Å². The van der Waals surface area contributed by atoms with Crippen LogP contribution in [0.2, 0.25) is 0 Å². The summed E-state index contributed by atoms with van der Waals surface area (Å²) in [6, 6.07) is 28.3. The van der Waals surface area contributed by atoms with E-state index in [-0.39, 0.29) is 16.7 Å². The van der Waals surface area contributed by atoms with E-state index in [1.807, 2.05) is 36.4 Å². The Morgan fingerprint density at radius 1 is 0.904 bits per heavy atom. The molecule has 1 aliphatic heterocycles. The molecule has 0 saturated heterocycles. The third-order valence-corrected chi connectivity index (χ3v) is 13.6. The second-order valence-electron chi connectivity index (χ2n) is 16.3. The van der Waals surface area contributed by atoms with Crippen molar-refractivity contribution in [3.05, 3.63) is 113 Å². The van der Waals surface area contributed by atoms with Crippen LogP contribution in [0.1, 0.15) is 100.0 Å². The molecule has 52 heavy (non-hydrogen) atoms. The average molecular weight is 718 g/mol. The lowest BCUT2D eigenvalue weighted by Gasteiger charge is -2.56. The van der Waals surface area contributed by atoms with Gasteiger partial charge in [-0.1, -0.05) is 94.8 Å². The van der Waals surface area contributed by atoms with E-state index in [0.29, 0.717) is 28.0 Å². The number of rotatable bonds is 9. The Hall–Kier alpha value is -4.23. The molecule has 0 aromatic heterocycles. The fraction of sp³-hybridized carbons (Fsp3) is 0.422. The number of fused-ring (bicyclic) bond motifs is 4. The van der Waals surface area contributed by atoms with Crippen LogP contribution in [0.5, 0.6) is 5.75 Å². The number of carbonyl (C=O) groups is 1. The molecule has 3 aliphatic rings. The fourth-order valence-electron chi connectivity index (χ4n) is 9.96. The number of aliphatic imine (C=N–C) groups is 1. The first-order valence-corrected chi connectivity index (χ1v) is 20.7. The lowest BCUT2D eigenvalue weighted by molar-refractivity contribution is -0.139. The monoisotopic (exact) mass is 717 g/mol. The summed E-state index contributed by atoms with van der Waals surface area (Å²) in [5.74, 6) is 0.702. The second-order valence-corrected chi connectivity index (χ2v) is 18.3. The van der Waals surface area contributed by atoms with Crippen LogP contribution < -0.4 is 4.74 Å². The highest BCUT2D eigenvalue weighted by molar-refractivity contribution is 7.90. The Kier molecular flexibility index (Phi) is 9.70. The molecule has 7 heteroatoms. The number of nitrogens with zero attached hydrogens (tertiary/aromatic N) is 1. The lowest BCUT2D eigenvalue weighted by Crippen LogP contribution is -2.50. The summed E-state index contributed by atoms with van der Waals surface area (Å²) in [7, 11) is -3.44. The molecule has 4 atom stereocenters. The van der Waals surface area contributed by atoms with Crippen molar-refractivity contribution >= 4 is 27.2 Å². The first kappa shape index (κ1) is 36.1. The van der Waals surface area contributed by atoms with Crippen molar-refractivity contribution in [1.82, 2.24) is 0 Å². The Morgan fingerprint density at radius 3 is 2.46 bits per heavy atom. The third kappa shape index (κ3) is 6.96. The van der Waals surface area contributed by atoms with E-state index >= 15 is 0 Å². The van der Waals surface area contributed by atoms with Gasteiger partial charge in [0.1, 0.15) is 5.75 Å². The van der Waals surface area contributed by atoms with Crippen LogP contribution in [0, 0.1) is 17.3 Å². The van der Waals surface area contributed by atoms with Gasteiger partial charge in [0.25, 0.3) is 0 Å². The molecular formula is C45H51NO5S. The van der Waals surface area contributed by atoms with Crippen LogP contribution in [0.3, 0.4) is 0 Å². The van der Waals surface area contributed by atoms with E-state index in [9.17, 15) is 18.3 Å². The van der Waals surface area contributed by atoms with Crippen molar-refractivity contribution in [1.29, 1.82) is 0 Å². The van der Waals surface area contributed by atoms with Crippen molar-refractivity contribution in [2.24, 2.45) is 22.2 Å². The zero-order valence-corrected chi connectivity index (χ0v) is 31.9. The molecule has 1 saturated carbocycles. The number of hydrogen-bond acceptors (Lipinski definition) is 5. The molecule has 1 fully saturated rings. The third-order valence-electron chi connectivity index (χ3n) is 12.4. The number of benzene rings is 4. The van der Waals surface area contributed by atoms with Gasteiger partial charge in [-0.05, 0) is 125 Å². The lowest BCUT2D eigenvalue weighted by atomic mass is 9.48. The van der Waals surface area contributed by atoms with Gasteiger partial charge in [0.2, 0.25) is 0 Å². The highest BCUT2D eigenvalue weighted by atomic mass is 32.2. The normalized spacial score (nSPS) is 24.2. The van der Waals surface area contributed by atoms with Crippen LogP contribution in [-0.2, 0) is 32.9 Å². The molecule has 0 amide bonds. The van der Waals surface area contributed by atoms with Crippen LogP contribution >= 0.6 is 0 Å². The Morgan fingerprint density at radius 2 is 1.69 bits per heavy atom. The van der Waals surface area contributed by atoms with E-state index in [1.165, 1.54) is 43.1 Å². The highest BCUT2D eigenvalue weighted by Crippen LogP contribution is 2.60. The second kappa shape index (κ2) is 14.0. The fourth-order valence-corrected chi connectivity index (χ4v) is 10.9. The zero-order valence-electron chi connectivity index (χ0n) is 31.1. The maximum atomic E-state index is 12.8. The quantitative estimate of drug-likeness (QED) is 0.186. The molecule has 4 aromatic carbocycles. The summed E-state index contributed by atoms with van der Waals surface area (Å²) in [5.41, 5.74) is 10.1. The van der Waals surface area contributed by atoms with Gasteiger partial charge >= 0.3 is 5.97 Å².